The molecule has 27 heavy (non-hydrogen) atoms. The normalized spacial score (nSPS) is 16.9. The molecule has 1 aromatic carbocycles. The van der Waals surface area contributed by atoms with E-state index in [4.69, 9.17) is 4.74 Å². The van der Waals surface area contributed by atoms with E-state index in [0.29, 0.717) is 24.1 Å². The van der Waals surface area contributed by atoms with Crippen molar-refractivity contribution >= 4 is 11.9 Å². The third-order valence-corrected chi connectivity index (χ3v) is 4.86. The van der Waals surface area contributed by atoms with Gasteiger partial charge < -0.3 is 20.7 Å². The lowest BCUT2D eigenvalue weighted by atomic mass is 10.0. The zero-order chi connectivity index (χ0) is 19.6. The topological polar surface area (TPSA) is 78.0 Å². The average Bonchev–Trinajstić information content (AvgIpc) is 2.70. The lowest BCUT2D eigenvalue weighted by Gasteiger charge is -2.37. The van der Waals surface area contributed by atoms with Gasteiger partial charge in [0.1, 0.15) is 0 Å². The van der Waals surface area contributed by atoms with Crippen LogP contribution in [0.2, 0.25) is 0 Å². The van der Waals surface area contributed by atoms with Gasteiger partial charge in [0, 0.05) is 51.9 Å². The van der Waals surface area contributed by atoms with Crippen molar-refractivity contribution in [1.82, 2.24) is 20.9 Å². The zero-order valence-electron chi connectivity index (χ0n) is 16.9. The van der Waals surface area contributed by atoms with Crippen LogP contribution in [-0.4, -0.2) is 69.8 Å². The molecule has 1 unspecified atom stereocenters. The van der Waals surface area contributed by atoms with Gasteiger partial charge in [-0.3, -0.25) is 14.7 Å². The molecule has 7 nitrogen and oxygen atoms in total. The molecule has 1 fully saturated rings. The number of rotatable bonds is 7. The Balaban J connectivity index is 1.88. The van der Waals surface area contributed by atoms with Crippen molar-refractivity contribution < 1.29 is 9.53 Å². The Labute approximate surface area is 162 Å². The van der Waals surface area contributed by atoms with Gasteiger partial charge in [-0.2, -0.15) is 0 Å². The first-order chi connectivity index (χ1) is 13.0. The maximum absolute atomic E-state index is 11.8. The van der Waals surface area contributed by atoms with Crippen molar-refractivity contribution in [2.24, 2.45) is 10.9 Å². The molecule has 0 saturated carbocycles. The fourth-order valence-corrected chi connectivity index (χ4v) is 3.27. The maximum Gasteiger partial charge on any atom is 0.251 e. The molecular formula is C20H33N5O2. The molecule has 1 amide bonds. The Bertz CT molecular complexity index is 627. The van der Waals surface area contributed by atoms with Gasteiger partial charge in [-0.05, 0) is 23.6 Å². The standard InChI is InChI=1S/C20H33N5O2/c1-15(2)18(25-8-10-27-11-9-25)14-24-20(22-4)23-13-16-6-5-7-17(12-16)19(26)21-3/h5-7,12,15,18H,8-11,13-14H2,1-4H3,(H,21,26)(H2,22,23,24). The molecule has 1 aromatic rings. The number of guanidine groups is 1. The fraction of sp³-hybridized carbons (Fsp3) is 0.600. The second-order valence-corrected chi connectivity index (χ2v) is 7.05. The van der Waals surface area contributed by atoms with Crippen molar-refractivity contribution in [2.45, 2.75) is 26.4 Å². The van der Waals surface area contributed by atoms with Crippen molar-refractivity contribution in [3.8, 4) is 0 Å². The van der Waals surface area contributed by atoms with Gasteiger partial charge in [-0.15, -0.1) is 0 Å². The summed E-state index contributed by atoms with van der Waals surface area (Å²) < 4.78 is 5.47. The molecule has 0 spiro atoms. The predicted molar refractivity (Wildman–Crippen MR) is 109 cm³/mol. The number of ether oxygens (including phenoxy) is 1. The molecular weight excluding hydrogens is 342 g/mol. The molecule has 1 heterocycles. The van der Waals surface area contributed by atoms with E-state index in [9.17, 15) is 4.79 Å². The molecule has 1 saturated heterocycles. The van der Waals surface area contributed by atoms with Crippen LogP contribution in [0.5, 0.6) is 0 Å². The van der Waals surface area contributed by atoms with Crippen LogP contribution in [0, 0.1) is 5.92 Å². The lowest BCUT2D eigenvalue weighted by Crippen LogP contribution is -2.52. The van der Waals surface area contributed by atoms with E-state index in [0.717, 1.165) is 44.4 Å². The van der Waals surface area contributed by atoms with Crippen molar-refractivity contribution in [2.75, 3.05) is 46.9 Å². The van der Waals surface area contributed by atoms with Crippen LogP contribution in [0.4, 0.5) is 0 Å². The molecule has 2 rings (SSSR count). The molecule has 0 radical (unpaired) electrons. The number of hydrogen-bond donors (Lipinski definition) is 3. The minimum Gasteiger partial charge on any atom is -0.379 e. The SMILES string of the molecule is CN=C(NCc1cccc(C(=O)NC)c1)NCC(C(C)C)N1CCOCC1. The summed E-state index contributed by atoms with van der Waals surface area (Å²) in [5.74, 6) is 1.22. The number of aliphatic imine (C=N–C) groups is 1. The third kappa shape index (κ3) is 6.52. The number of morpholine rings is 1. The maximum atomic E-state index is 11.8. The van der Waals surface area contributed by atoms with Crippen LogP contribution in [-0.2, 0) is 11.3 Å². The second kappa shape index (κ2) is 10.9. The minimum absolute atomic E-state index is 0.0790. The number of benzene rings is 1. The van der Waals surface area contributed by atoms with Crippen LogP contribution < -0.4 is 16.0 Å². The molecule has 0 aliphatic carbocycles. The Hall–Kier alpha value is -2.12. The van der Waals surface area contributed by atoms with Crippen LogP contribution in [0.3, 0.4) is 0 Å². The van der Waals surface area contributed by atoms with E-state index in [2.05, 4.69) is 39.7 Å². The first kappa shape index (κ1) is 21.2. The highest BCUT2D eigenvalue weighted by molar-refractivity contribution is 5.94. The summed E-state index contributed by atoms with van der Waals surface area (Å²) in [4.78, 5) is 18.6. The first-order valence-electron chi connectivity index (χ1n) is 9.62. The summed E-state index contributed by atoms with van der Waals surface area (Å²) in [5.41, 5.74) is 1.69. The highest BCUT2D eigenvalue weighted by atomic mass is 16.5. The van der Waals surface area contributed by atoms with Crippen molar-refractivity contribution in [3.05, 3.63) is 35.4 Å². The first-order valence-corrected chi connectivity index (χ1v) is 9.62. The Kier molecular flexibility index (Phi) is 8.54. The number of hydrogen-bond acceptors (Lipinski definition) is 4. The minimum atomic E-state index is -0.0790. The molecule has 150 valence electrons. The zero-order valence-corrected chi connectivity index (χ0v) is 16.9. The summed E-state index contributed by atoms with van der Waals surface area (Å²) in [6.45, 7) is 9.50. The van der Waals surface area contributed by atoms with Gasteiger partial charge in [0.25, 0.3) is 5.91 Å². The molecule has 7 heteroatoms. The predicted octanol–water partition coefficient (Wildman–Crippen LogP) is 1.07. The highest BCUT2D eigenvalue weighted by Gasteiger charge is 2.23. The van der Waals surface area contributed by atoms with Gasteiger partial charge in [0.15, 0.2) is 5.96 Å². The van der Waals surface area contributed by atoms with Crippen LogP contribution >= 0.6 is 0 Å². The molecule has 0 aromatic heterocycles. The second-order valence-electron chi connectivity index (χ2n) is 7.05. The summed E-state index contributed by atoms with van der Waals surface area (Å²) >= 11 is 0. The number of nitrogens with zero attached hydrogens (tertiary/aromatic N) is 2. The summed E-state index contributed by atoms with van der Waals surface area (Å²) in [6.07, 6.45) is 0. The third-order valence-electron chi connectivity index (χ3n) is 4.86. The van der Waals surface area contributed by atoms with E-state index < -0.39 is 0 Å². The van der Waals surface area contributed by atoms with Crippen LogP contribution in [0.15, 0.2) is 29.3 Å². The highest BCUT2D eigenvalue weighted by Crippen LogP contribution is 2.12. The van der Waals surface area contributed by atoms with Gasteiger partial charge in [-0.1, -0.05) is 26.0 Å². The van der Waals surface area contributed by atoms with Gasteiger partial charge in [-0.25, -0.2) is 0 Å². The van der Waals surface area contributed by atoms with Crippen molar-refractivity contribution in [1.29, 1.82) is 0 Å². The molecule has 1 atom stereocenters. The van der Waals surface area contributed by atoms with E-state index in [1.165, 1.54) is 0 Å². The molecule has 1 aliphatic heterocycles. The van der Waals surface area contributed by atoms with Gasteiger partial charge in [0.05, 0.1) is 13.2 Å². The Morgan fingerprint density at radius 1 is 1.26 bits per heavy atom. The Morgan fingerprint density at radius 3 is 2.63 bits per heavy atom. The summed E-state index contributed by atoms with van der Waals surface area (Å²) in [6, 6.07) is 8.03. The number of carbonyl (C=O) groups excluding carboxylic acids is 1. The van der Waals surface area contributed by atoms with Gasteiger partial charge >= 0.3 is 0 Å². The monoisotopic (exact) mass is 375 g/mol. The van der Waals surface area contributed by atoms with E-state index in [1.54, 1.807) is 14.1 Å². The molecule has 0 bridgehead atoms. The quantitative estimate of drug-likeness (QED) is 0.491. The largest absolute Gasteiger partial charge is 0.379 e. The number of carbonyl (C=O) groups is 1. The van der Waals surface area contributed by atoms with Gasteiger partial charge in [0.2, 0.25) is 0 Å². The average molecular weight is 376 g/mol. The summed E-state index contributed by atoms with van der Waals surface area (Å²) in [7, 11) is 3.41. The molecule has 1 aliphatic rings. The molecule has 3 N–H and O–H groups in total. The number of amides is 1. The Morgan fingerprint density at radius 2 is 2.00 bits per heavy atom. The van der Waals surface area contributed by atoms with Crippen molar-refractivity contribution in [3.63, 3.8) is 0 Å². The lowest BCUT2D eigenvalue weighted by molar-refractivity contribution is 0.00752. The van der Waals surface area contributed by atoms with Crippen LogP contribution in [0.1, 0.15) is 29.8 Å². The summed E-state index contributed by atoms with van der Waals surface area (Å²) in [5, 5.41) is 9.43. The van der Waals surface area contributed by atoms with Crippen LogP contribution in [0.25, 0.3) is 0 Å². The fourth-order valence-electron chi connectivity index (χ4n) is 3.27. The van der Waals surface area contributed by atoms with E-state index in [-0.39, 0.29) is 5.91 Å². The van der Waals surface area contributed by atoms with E-state index in [1.807, 2.05) is 24.3 Å². The number of nitrogens with one attached hydrogen (secondary N) is 3. The smallest absolute Gasteiger partial charge is 0.251 e. The van der Waals surface area contributed by atoms with E-state index >= 15 is 0 Å².